The van der Waals surface area contributed by atoms with Gasteiger partial charge in [0.05, 0.1) is 17.1 Å². The molecule has 7 heteroatoms. The number of anilines is 1. The molecule has 1 fully saturated rings. The Kier molecular flexibility index (Phi) is 4.37. The second-order valence-corrected chi connectivity index (χ2v) is 8.13. The van der Waals surface area contributed by atoms with E-state index in [1.807, 2.05) is 41.9 Å². The third-order valence-corrected chi connectivity index (χ3v) is 6.16. The molecule has 1 N–H and O–H groups in total. The Hall–Kier alpha value is -2.70. The van der Waals surface area contributed by atoms with Crippen LogP contribution in [0.2, 0.25) is 5.02 Å². The van der Waals surface area contributed by atoms with E-state index in [9.17, 15) is 5.11 Å². The summed E-state index contributed by atoms with van der Waals surface area (Å²) in [7, 11) is 0. The van der Waals surface area contributed by atoms with Crippen molar-refractivity contribution in [2.75, 3.05) is 11.4 Å². The van der Waals surface area contributed by atoms with Gasteiger partial charge in [0.25, 0.3) is 0 Å². The Morgan fingerprint density at radius 2 is 2.04 bits per heavy atom. The highest BCUT2D eigenvalue weighted by molar-refractivity contribution is 7.09. The fourth-order valence-electron chi connectivity index (χ4n) is 3.76. The Labute approximate surface area is 171 Å². The van der Waals surface area contributed by atoms with E-state index in [1.165, 1.54) is 0 Å². The summed E-state index contributed by atoms with van der Waals surface area (Å²) in [6, 6.07) is 13.0. The van der Waals surface area contributed by atoms with Crippen LogP contribution in [0.3, 0.4) is 0 Å². The van der Waals surface area contributed by atoms with Crippen LogP contribution in [-0.2, 0) is 0 Å². The zero-order chi connectivity index (χ0) is 19.1. The quantitative estimate of drug-likeness (QED) is 0.488. The zero-order valence-corrected chi connectivity index (χ0v) is 16.5. The van der Waals surface area contributed by atoms with Crippen molar-refractivity contribution in [2.24, 2.45) is 0 Å². The lowest BCUT2D eigenvalue weighted by atomic mass is 10.1. The maximum absolute atomic E-state index is 10.3. The van der Waals surface area contributed by atoms with Gasteiger partial charge in [-0.2, -0.15) is 0 Å². The lowest BCUT2D eigenvalue weighted by Crippen LogP contribution is -2.24. The maximum Gasteiger partial charge on any atom is 0.165 e. The molecule has 0 radical (unpaired) electrons. The molecule has 1 saturated heterocycles. The van der Waals surface area contributed by atoms with Gasteiger partial charge in [0, 0.05) is 28.5 Å². The third kappa shape index (κ3) is 2.99. The van der Waals surface area contributed by atoms with Gasteiger partial charge in [0.15, 0.2) is 5.82 Å². The van der Waals surface area contributed by atoms with Crippen LogP contribution in [0.15, 0.2) is 54.0 Å². The summed E-state index contributed by atoms with van der Waals surface area (Å²) in [5.74, 6) is 1.51. The molecule has 0 saturated carbocycles. The van der Waals surface area contributed by atoms with Crippen LogP contribution in [0.25, 0.3) is 22.3 Å². The Balaban J connectivity index is 1.72. The number of phenols is 1. The third-order valence-electron chi connectivity index (χ3n) is 5.05. The highest BCUT2D eigenvalue weighted by Gasteiger charge is 2.30. The van der Waals surface area contributed by atoms with Gasteiger partial charge in [0.1, 0.15) is 16.6 Å². The number of phenolic OH excluding ortho intramolecular Hbond substituents is 1. The van der Waals surface area contributed by atoms with Crippen molar-refractivity contribution < 1.29 is 5.11 Å². The van der Waals surface area contributed by atoms with Crippen LogP contribution < -0.4 is 4.90 Å². The topological polar surface area (TPSA) is 62.1 Å². The van der Waals surface area contributed by atoms with Crippen molar-refractivity contribution in [1.82, 2.24) is 15.0 Å². The van der Waals surface area contributed by atoms with Gasteiger partial charge in [-0.1, -0.05) is 23.7 Å². The van der Waals surface area contributed by atoms with Gasteiger partial charge >= 0.3 is 0 Å². The molecule has 2 aromatic heterocycles. The largest absolute Gasteiger partial charge is 0.507 e. The van der Waals surface area contributed by atoms with Crippen molar-refractivity contribution in [3.8, 4) is 17.1 Å². The monoisotopic (exact) mass is 408 g/mol. The summed E-state index contributed by atoms with van der Waals surface area (Å²) < 4.78 is 0. The molecule has 28 heavy (non-hydrogen) atoms. The van der Waals surface area contributed by atoms with Crippen molar-refractivity contribution in [2.45, 2.75) is 18.9 Å². The summed E-state index contributed by atoms with van der Waals surface area (Å²) in [5, 5.41) is 15.0. The molecule has 3 heterocycles. The number of para-hydroxylation sites is 1. The second-order valence-electron chi connectivity index (χ2n) is 6.77. The summed E-state index contributed by atoms with van der Waals surface area (Å²) >= 11 is 7.91. The predicted molar refractivity (Wildman–Crippen MR) is 113 cm³/mol. The number of halogens is 1. The Morgan fingerprint density at radius 1 is 1.14 bits per heavy atom. The normalized spacial score (nSPS) is 16.8. The molecule has 140 valence electrons. The first-order chi connectivity index (χ1) is 13.7. The van der Waals surface area contributed by atoms with E-state index in [0.717, 1.165) is 41.1 Å². The minimum Gasteiger partial charge on any atom is -0.507 e. The van der Waals surface area contributed by atoms with Crippen LogP contribution in [-0.4, -0.2) is 26.6 Å². The molecule has 4 aromatic rings. The summed E-state index contributed by atoms with van der Waals surface area (Å²) in [4.78, 5) is 16.4. The number of rotatable bonds is 3. The van der Waals surface area contributed by atoms with Gasteiger partial charge in [0.2, 0.25) is 0 Å². The summed E-state index contributed by atoms with van der Waals surface area (Å²) in [5.41, 5.74) is 1.37. The van der Waals surface area contributed by atoms with Crippen molar-refractivity contribution >= 4 is 39.7 Å². The van der Waals surface area contributed by atoms with Gasteiger partial charge in [-0.3, -0.25) is 0 Å². The standard InChI is InChI=1S/C21H17ClN4OS/c22-13-7-8-14-16(12-13)24-19(15-4-1-2-6-18(15)27)25-20(14)26-10-3-5-17(26)21-23-9-11-28-21/h1-2,4,6-9,11-12,17,27H,3,5,10H2. The smallest absolute Gasteiger partial charge is 0.165 e. The summed E-state index contributed by atoms with van der Waals surface area (Å²) in [6.07, 6.45) is 3.97. The molecule has 5 nitrogen and oxygen atoms in total. The van der Waals surface area contributed by atoms with Gasteiger partial charge in [-0.05, 0) is 43.2 Å². The minimum absolute atomic E-state index is 0.160. The average molecular weight is 409 g/mol. The first-order valence-corrected chi connectivity index (χ1v) is 10.4. The van der Waals surface area contributed by atoms with E-state index < -0.39 is 0 Å². The fourth-order valence-corrected chi connectivity index (χ4v) is 4.72. The molecule has 0 bridgehead atoms. The van der Waals surface area contributed by atoms with E-state index in [-0.39, 0.29) is 11.8 Å². The lowest BCUT2D eigenvalue weighted by molar-refractivity contribution is 0.477. The number of fused-ring (bicyclic) bond motifs is 1. The molecule has 0 amide bonds. The summed E-state index contributed by atoms with van der Waals surface area (Å²) in [6.45, 7) is 0.902. The van der Waals surface area contributed by atoms with E-state index in [1.54, 1.807) is 23.5 Å². The van der Waals surface area contributed by atoms with Crippen LogP contribution in [0.4, 0.5) is 5.82 Å². The van der Waals surface area contributed by atoms with E-state index >= 15 is 0 Å². The number of hydrogen-bond acceptors (Lipinski definition) is 6. The lowest BCUT2D eigenvalue weighted by Gasteiger charge is -2.26. The van der Waals surface area contributed by atoms with Gasteiger partial charge in [-0.25, -0.2) is 15.0 Å². The average Bonchev–Trinajstić information content (AvgIpc) is 3.38. The van der Waals surface area contributed by atoms with Crippen LogP contribution in [0.1, 0.15) is 23.9 Å². The molecule has 1 atom stereocenters. The molecular weight excluding hydrogens is 392 g/mol. The fraction of sp³-hybridized carbons (Fsp3) is 0.190. The van der Waals surface area contributed by atoms with E-state index in [2.05, 4.69) is 9.88 Å². The SMILES string of the molecule is Oc1ccccc1-c1nc(N2CCCC2c2nccs2)c2ccc(Cl)cc2n1. The molecule has 1 aliphatic heterocycles. The Bertz CT molecular complexity index is 1150. The van der Waals surface area contributed by atoms with Crippen LogP contribution in [0.5, 0.6) is 5.75 Å². The first-order valence-electron chi connectivity index (χ1n) is 9.12. The number of aromatic nitrogens is 3. The van der Waals surface area contributed by atoms with Gasteiger partial charge in [-0.15, -0.1) is 11.3 Å². The van der Waals surface area contributed by atoms with E-state index in [0.29, 0.717) is 16.4 Å². The number of hydrogen-bond donors (Lipinski definition) is 1. The Morgan fingerprint density at radius 3 is 2.86 bits per heavy atom. The molecule has 0 spiro atoms. The molecule has 0 aliphatic carbocycles. The van der Waals surface area contributed by atoms with Crippen LogP contribution >= 0.6 is 22.9 Å². The number of nitrogens with zero attached hydrogens (tertiary/aromatic N) is 4. The molecule has 5 rings (SSSR count). The van der Waals surface area contributed by atoms with Gasteiger partial charge < -0.3 is 10.0 Å². The number of thiazole rings is 1. The maximum atomic E-state index is 10.3. The zero-order valence-electron chi connectivity index (χ0n) is 14.9. The molecule has 1 unspecified atom stereocenters. The highest BCUT2D eigenvalue weighted by atomic mass is 35.5. The van der Waals surface area contributed by atoms with Crippen LogP contribution in [0, 0.1) is 0 Å². The first kappa shape index (κ1) is 17.4. The molecular formula is C21H17ClN4OS. The molecule has 2 aromatic carbocycles. The van der Waals surface area contributed by atoms with Crippen molar-refractivity contribution in [3.05, 3.63) is 64.1 Å². The predicted octanol–water partition coefficient (Wildman–Crippen LogP) is 5.45. The highest BCUT2D eigenvalue weighted by Crippen LogP contribution is 2.40. The number of aromatic hydroxyl groups is 1. The van der Waals surface area contributed by atoms with E-state index in [4.69, 9.17) is 21.6 Å². The number of benzene rings is 2. The molecule has 1 aliphatic rings. The van der Waals surface area contributed by atoms with Crippen molar-refractivity contribution in [3.63, 3.8) is 0 Å². The second kappa shape index (κ2) is 7.04. The van der Waals surface area contributed by atoms with Crippen molar-refractivity contribution in [1.29, 1.82) is 0 Å². The minimum atomic E-state index is 0.160.